The van der Waals surface area contributed by atoms with E-state index in [9.17, 15) is 14.7 Å². The second-order valence-corrected chi connectivity index (χ2v) is 4.80. The van der Waals surface area contributed by atoms with Gasteiger partial charge in [-0.3, -0.25) is 4.79 Å². The topological polar surface area (TPSA) is 84.9 Å². The van der Waals surface area contributed by atoms with Gasteiger partial charge in [-0.25, -0.2) is 4.79 Å². The molecule has 2 N–H and O–H groups in total. The highest BCUT2D eigenvalue weighted by molar-refractivity contribution is 5.86. The molecule has 1 amide bonds. The maximum absolute atomic E-state index is 12.0. The van der Waals surface area contributed by atoms with Crippen LogP contribution in [0.15, 0.2) is 30.3 Å². The Morgan fingerprint density at radius 2 is 1.91 bits per heavy atom. The Bertz CT molecular complexity index is 463. The van der Waals surface area contributed by atoms with Gasteiger partial charge in [-0.2, -0.15) is 0 Å². The van der Waals surface area contributed by atoms with Crippen LogP contribution in [0.1, 0.15) is 19.4 Å². The van der Waals surface area contributed by atoms with Gasteiger partial charge in [0.25, 0.3) is 0 Å². The van der Waals surface area contributed by atoms with Crippen LogP contribution in [0, 0.1) is 0 Å². The van der Waals surface area contributed by atoms with E-state index in [0.29, 0.717) is 19.8 Å². The maximum atomic E-state index is 12.0. The molecule has 22 heavy (non-hydrogen) atoms. The Morgan fingerprint density at radius 1 is 1.23 bits per heavy atom. The number of aliphatic carboxylic acids is 1. The number of carbonyl (C=O) groups is 2. The number of nitrogens with one attached hydrogen (secondary N) is 1. The Kier molecular flexibility index (Phi) is 8.17. The molecule has 0 saturated heterocycles. The second kappa shape index (κ2) is 9.92. The summed E-state index contributed by atoms with van der Waals surface area (Å²) in [5.74, 6) is -1.52. The fourth-order valence-corrected chi connectivity index (χ4v) is 1.84. The molecule has 0 fully saturated rings. The predicted molar refractivity (Wildman–Crippen MR) is 81.6 cm³/mol. The molecule has 0 heterocycles. The van der Waals surface area contributed by atoms with E-state index < -0.39 is 24.0 Å². The van der Waals surface area contributed by atoms with Gasteiger partial charge in [0.05, 0.1) is 13.2 Å². The van der Waals surface area contributed by atoms with E-state index in [1.165, 1.54) is 0 Å². The number of carbonyl (C=O) groups excluding carboxylic acids is 1. The highest BCUT2D eigenvalue weighted by Crippen LogP contribution is 2.04. The van der Waals surface area contributed by atoms with Crippen LogP contribution in [-0.4, -0.2) is 48.9 Å². The molecule has 6 heteroatoms. The van der Waals surface area contributed by atoms with Crippen molar-refractivity contribution in [1.29, 1.82) is 0 Å². The summed E-state index contributed by atoms with van der Waals surface area (Å²) in [4.78, 5) is 23.3. The minimum atomic E-state index is -1.07. The van der Waals surface area contributed by atoms with Crippen LogP contribution in [-0.2, 0) is 25.5 Å². The number of ether oxygens (including phenoxy) is 2. The largest absolute Gasteiger partial charge is 0.480 e. The standard InChI is InChI=1S/C16H23NO5/c1-3-21-9-10-22-12(2)15(18)17-14(16(19)20)11-13-7-5-4-6-8-13/h4-8,12,14H,3,9-11H2,1-2H3,(H,17,18)(H,19,20)/t12?,14-/m1/s1. The molecule has 122 valence electrons. The lowest BCUT2D eigenvalue weighted by molar-refractivity contribution is -0.144. The minimum absolute atomic E-state index is 0.230. The van der Waals surface area contributed by atoms with E-state index in [-0.39, 0.29) is 6.42 Å². The Morgan fingerprint density at radius 3 is 2.50 bits per heavy atom. The van der Waals surface area contributed by atoms with Crippen LogP contribution < -0.4 is 5.32 Å². The molecule has 0 bridgehead atoms. The van der Waals surface area contributed by atoms with Crippen LogP contribution in [0.5, 0.6) is 0 Å². The molecule has 0 saturated carbocycles. The molecule has 1 unspecified atom stereocenters. The summed E-state index contributed by atoms with van der Waals surface area (Å²) in [5, 5.41) is 11.7. The Hall–Kier alpha value is -1.92. The molecule has 1 rings (SSSR count). The Labute approximate surface area is 130 Å². The van der Waals surface area contributed by atoms with Gasteiger partial charge in [-0.15, -0.1) is 0 Å². The smallest absolute Gasteiger partial charge is 0.326 e. The average Bonchev–Trinajstić information content (AvgIpc) is 2.51. The molecule has 0 aromatic heterocycles. The van der Waals surface area contributed by atoms with Crippen LogP contribution >= 0.6 is 0 Å². The zero-order valence-electron chi connectivity index (χ0n) is 13.0. The van der Waals surface area contributed by atoms with Crippen molar-refractivity contribution < 1.29 is 24.2 Å². The van der Waals surface area contributed by atoms with E-state index in [2.05, 4.69) is 5.32 Å². The minimum Gasteiger partial charge on any atom is -0.480 e. The van der Waals surface area contributed by atoms with Crippen molar-refractivity contribution in [3.05, 3.63) is 35.9 Å². The monoisotopic (exact) mass is 309 g/mol. The maximum Gasteiger partial charge on any atom is 0.326 e. The summed E-state index contributed by atoms with van der Waals surface area (Å²) in [6.07, 6.45) is -0.494. The molecule has 1 aromatic rings. The number of amides is 1. The zero-order chi connectivity index (χ0) is 16.4. The van der Waals surface area contributed by atoms with E-state index in [4.69, 9.17) is 9.47 Å². The van der Waals surface area contributed by atoms with Gasteiger partial charge in [0.2, 0.25) is 5.91 Å². The van der Waals surface area contributed by atoms with E-state index >= 15 is 0 Å². The van der Waals surface area contributed by atoms with Crippen LogP contribution in [0.2, 0.25) is 0 Å². The van der Waals surface area contributed by atoms with Gasteiger partial charge in [-0.1, -0.05) is 30.3 Å². The number of hydrogen-bond acceptors (Lipinski definition) is 4. The quantitative estimate of drug-likeness (QED) is 0.635. The number of hydrogen-bond donors (Lipinski definition) is 2. The summed E-state index contributed by atoms with van der Waals surface area (Å²) < 4.78 is 10.4. The highest BCUT2D eigenvalue weighted by Gasteiger charge is 2.23. The average molecular weight is 309 g/mol. The summed E-state index contributed by atoms with van der Waals surface area (Å²) in [5.41, 5.74) is 0.847. The number of carboxylic acids is 1. The van der Waals surface area contributed by atoms with Crippen molar-refractivity contribution in [3.63, 3.8) is 0 Å². The second-order valence-electron chi connectivity index (χ2n) is 4.80. The van der Waals surface area contributed by atoms with Gasteiger partial charge in [0, 0.05) is 13.0 Å². The lowest BCUT2D eigenvalue weighted by atomic mass is 10.1. The first-order valence-electron chi connectivity index (χ1n) is 7.31. The fourth-order valence-electron chi connectivity index (χ4n) is 1.84. The van der Waals surface area contributed by atoms with Crippen molar-refractivity contribution in [3.8, 4) is 0 Å². The van der Waals surface area contributed by atoms with Crippen molar-refractivity contribution >= 4 is 11.9 Å². The third-order valence-corrected chi connectivity index (χ3v) is 3.07. The first-order chi connectivity index (χ1) is 10.5. The van der Waals surface area contributed by atoms with E-state index in [1.54, 1.807) is 6.92 Å². The Balaban J connectivity index is 2.48. The summed E-state index contributed by atoms with van der Waals surface area (Å²) in [7, 11) is 0. The zero-order valence-corrected chi connectivity index (χ0v) is 13.0. The molecular weight excluding hydrogens is 286 g/mol. The lowest BCUT2D eigenvalue weighted by Gasteiger charge is -2.18. The molecular formula is C16H23NO5. The molecule has 6 nitrogen and oxygen atoms in total. The fraction of sp³-hybridized carbons (Fsp3) is 0.500. The molecule has 0 radical (unpaired) electrons. The number of rotatable bonds is 10. The van der Waals surface area contributed by atoms with E-state index in [1.807, 2.05) is 37.3 Å². The summed E-state index contributed by atoms with van der Waals surface area (Å²) in [6.45, 7) is 4.74. The van der Waals surface area contributed by atoms with Crippen LogP contribution in [0.4, 0.5) is 0 Å². The van der Waals surface area contributed by atoms with Crippen molar-refractivity contribution in [2.75, 3.05) is 19.8 Å². The van der Waals surface area contributed by atoms with Crippen LogP contribution in [0.25, 0.3) is 0 Å². The molecule has 0 aliphatic rings. The SMILES string of the molecule is CCOCCOC(C)C(=O)N[C@H](Cc1ccccc1)C(=O)O. The van der Waals surface area contributed by atoms with Gasteiger partial charge < -0.3 is 19.9 Å². The lowest BCUT2D eigenvalue weighted by Crippen LogP contribution is -2.46. The van der Waals surface area contributed by atoms with Gasteiger partial charge in [0.15, 0.2) is 0 Å². The molecule has 0 aliphatic carbocycles. The first-order valence-corrected chi connectivity index (χ1v) is 7.31. The molecule has 0 spiro atoms. The third-order valence-electron chi connectivity index (χ3n) is 3.07. The van der Waals surface area contributed by atoms with Gasteiger partial charge in [0.1, 0.15) is 12.1 Å². The molecule has 0 aliphatic heterocycles. The molecule has 2 atom stereocenters. The van der Waals surface area contributed by atoms with Crippen molar-refractivity contribution in [2.45, 2.75) is 32.4 Å². The first kappa shape index (κ1) is 18.1. The number of benzene rings is 1. The third kappa shape index (κ3) is 6.69. The molecule has 1 aromatic carbocycles. The van der Waals surface area contributed by atoms with Crippen molar-refractivity contribution in [1.82, 2.24) is 5.32 Å². The summed E-state index contributed by atoms with van der Waals surface area (Å²) in [6, 6.07) is 8.18. The summed E-state index contributed by atoms with van der Waals surface area (Å²) >= 11 is 0. The normalized spacial score (nSPS) is 13.4. The van der Waals surface area contributed by atoms with Gasteiger partial charge >= 0.3 is 5.97 Å². The van der Waals surface area contributed by atoms with Gasteiger partial charge in [-0.05, 0) is 19.4 Å². The van der Waals surface area contributed by atoms with Crippen molar-refractivity contribution in [2.24, 2.45) is 0 Å². The number of carboxylic acid groups (broad SMARTS) is 1. The van der Waals surface area contributed by atoms with E-state index in [0.717, 1.165) is 5.56 Å². The van der Waals surface area contributed by atoms with Crippen LogP contribution in [0.3, 0.4) is 0 Å². The predicted octanol–water partition coefficient (Wildman–Crippen LogP) is 1.24. The highest BCUT2D eigenvalue weighted by atomic mass is 16.5.